The Kier molecular flexibility index (Phi) is 3.58. The molecular formula is C14H24. The van der Waals surface area contributed by atoms with E-state index >= 15 is 0 Å². The second-order valence-corrected chi connectivity index (χ2v) is 5.34. The first-order valence-electron chi connectivity index (χ1n) is 5.81. The molecule has 0 saturated carbocycles. The van der Waals surface area contributed by atoms with Crippen LogP contribution in [0.15, 0.2) is 22.8 Å². The maximum Gasteiger partial charge on any atom is -0.0140 e. The summed E-state index contributed by atoms with van der Waals surface area (Å²) in [6, 6.07) is 0. The summed E-state index contributed by atoms with van der Waals surface area (Å²) in [5.41, 5.74) is 4.76. The third kappa shape index (κ3) is 2.29. The lowest BCUT2D eigenvalue weighted by Crippen LogP contribution is -2.17. The van der Waals surface area contributed by atoms with Crippen molar-refractivity contribution in [3.63, 3.8) is 0 Å². The minimum Gasteiger partial charge on any atom is -0.0724 e. The third-order valence-corrected chi connectivity index (χ3v) is 3.38. The zero-order valence-corrected chi connectivity index (χ0v) is 10.5. The molecule has 0 amide bonds. The highest BCUT2D eigenvalue weighted by Gasteiger charge is 2.22. The molecule has 0 aromatic heterocycles. The molecule has 0 heteroatoms. The Morgan fingerprint density at radius 3 is 2.14 bits per heavy atom. The highest BCUT2D eigenvalue weighted by atomic mass is 14.3. The first kappa shape index (κ1) is 11.6. The Morgan fingerprint density at radius 2 is 1.71 bits per heavy atom. The quantitative estimate of drug-likeness (QED) is 0.600. The summed E-state index contributed by atoms with van der Waals surface area (Å²) in [7, 11) is 0. The molecule has 1 rings (SSSR count). The zero-order chi connectivity index (χ0) is 10.9. The Hall–Kier alpha value is -0.520. The van der Waals surface area contributed by atoms with E-state index in [1.807, 2.05) is 0 Å². The van der Waals surface area contributed by atoms with E-state index in [0.29, 0.717) is 5.92 Å². The van der Waals surface area contributed by atoms with E-state index in [-0.39, 0.29) is 0 Å². The van der Waals surface area contributed by atoms with Crippen molar-refractivity contribution in [1.29, 1.82) is 0 Å². The van der Waals surface area contributed by atoms with Gasteiger partial charge in [0.25, 0.3) is 0 Å². The van der Waals surface area contributed by atoms with Crippen LogP contribution in [0.4, 0.5) is 0 Å². The number of allylic oxidation sites excluding steroid dienone is 4. The van der Waals surface area contributed by atoms with Crippen LogP contribution in [0.3, 0.4) is 0 Å². The number of hydrogen-bond donors (Lipinski definition) is 0. The molecule has 0 aromatic rings. The molecule has 0 spiro atoms. The van der Waals surface area contributed by atoms with Crippen LogP contribution in [0.1, 0.15) is 48.0 Å². The van der Waals surface area contributed by atoms with Gasteiger partial charge in [-0.25, -0.2) is 0 Å². The molecule has 0 aromatic carbocycles. The van der Waals surface area contributed by atoms with Crippen molar-refractivity contribution in [3.05, 3.63) is 22.8 Å². The largest absolute Gasteiger partial charge is 0.0724 e. The fourth-order valence-corrected chi connectivity index (χ4v) is 2.51. The van der Waals surface area contributed by atoms with Crippen LogP contribution in [0.2, 0.25) is 0 Å². The summed E-state index contributed by atoms with van der Waals surface area (Å²) in [4.78, 5) is 0. The van der Waals surface area contributed by atoms with Crippen molar-refractivity contribution in [1.82, 2.24) is 0 Å². The van der Waals surface area contributed by atoms with Gasteiger partial charge in [0.05, 0.1) is 0 Å². The summed E-state index contributed by atoms with van der Waals surface area (Å²) in [5.74, 6) is 2.22. The highest BCUT2D eigenvalue weighted by molar-refractivity contribution is 5.35. The Bertz CT molecular complexity index is 264. The Balaban J connectivity index is 3.03. The second kappa shape index (κ2) is 4.33. The van der Waals surface area contributed by atoms with Gasteiger partial charge >= 0.3 is 0 Å². The van der Waals surface area contributed by atoms with Crippen molar-refractivity contribution in [2.45, 2.75) is 48.0 Å². The minimum absolute atomic E-state index is 0.673. The average Bonchev–Trinajstić information content (AvgIpc) is 2.07. The maximum absolute atomic E-state index is 2.40. The average molecular weight is 192 g/mol. The van der Waals surface area contributed by atoms with Crippen LogP contribution in [0.25, 0.3) is 0 Å². The molecule has 0 heterocycles. The van der Waals surface area contributed by atoms with Gasteiger partial charge < -0.3 is 0 Å². The molecule has 0 saturated heterocycles. The van der Waals surface area contributed by atoms with Crippen molar-refractivity contribution >= 4 is 0 Å². The summed E-state index contributed by atoms with van der Waals surface area (Å²) < 4.78 is 0. The zero-order valence-electron chi connectivity index (χ0n) is 10.5. The van der Waals surface area contributed by atoms with Crippen LogP contribution in [0.5, 0.6) is 0 Å². The molecule has 0 N–H and O–H groups in total. The van der Waals surface area contributed by atoms with Gasteiger partial charge in [0, 0.05) is 0 Å². The fourth-order valence-electron chi connectivity index (χ4n) is 2.51. The van der Waals surface area contributed by atoms with Gasteiger partial charge in [-0.15, -0.1) is 0 Å². The van der Waals surface area contributed by atoms with E-state index < -0.39 is 0 Å². The standard InChI is InChI=1S/C14H24/c1-9(2)13-7-11(5)8-14(10(3)4)12(13)6/h7,9-10,14H,8H2,1-6H3. The lowest BCUT2D eigenvalue weighted by molar-refractivity contribution is 0.427. The maximum atomic E-state index is 2.40. The van der Waals surface area contributed by atoms with E-state index in [2.05, 4.69) is 47.6 Å². The van der Waals surface area contributed by atoms with Crippen LogP contribution >= 0.6 is 0 Å². The first-order valence-corrected chi connectivity index (χ1v) is 5.81. The molecule has 0 nitrogen and oxygen atoms in total. The van der Waals surface area contributed by atoms with Gasteiger partial charge in [0.15, 0.2) is 0 Å². The van der Waals surface area contributed by atoms with Gasteiger partial charge in [-0.1, -0.05) is 44.9 Å². The second-order valence-electron chi connectivity index (χ2n) is 5.34. The van der Waals surface area contributed by atoms with Crippen molar-refractivity contribution in [2.24, 2.45) is 17.8 Å². The highest BCUT2D eigenvalue weighted by Crippen LogP contribution is 2.36. The fraction of sp³-hybridized carbons (Fsp3) is 0.714. The number of rotatable bonds is 2. The van der Waals surface area contributed by atoms with Crippen LogP contribution in [0, 0.1) is 17.8 Å². The van der Waals surface area contributed by atoms with Gasteiger partial charge in [-0.2, -0.15) is 0 Å². The molecule has 0 aliphatic heterocycles. The lowest BCUT2D eigenvalue weighted by Gasteiger charge is -2.30. The van der Waals surface area contributed by atoms with Gasteiger partial charge in [-0.05, 0) is 43.6 Å². The topological polar surface area (TPSA) is 0 Å². The van der Waals surface area contributed by atoms with Crippen LogP contribution in [-0.2, 0) is 0 Å². The van der Waals surface area contributed by atoms with Gasteiger partial charge in [0.2, 0.25) is 0 Å². The molecular weight excluding hydrogens is 168 g/mol. The molecule has 1 atom stereocenters. The molecule has 1 aliphatic carbocycles. The third-order valence-electron chi connectivity index (χ3n) is 3.38. The van der Waals surface area contributed by atoms with Crippen molar-refractivity contribution in [3.8, 4) is 0 Å². The predicted molar refractivity (Wildman–Crippen MR) is 64.2 cm³/mol. The molecule has 14 heavy (non-hydrogen) atoms. The van der Waals surface area contributed by atoms with Crippen molar-refractivity contribution < 1.29 is 0 Å². The SMILES string of the molecule is CC1=CC(C(C)C)=C(C)C(C(C)C)C1. The van der Waals surface area contributed by atoms with E-state index in [9.17, 15) is 0 Å². The van der Waals surface area contributed by atoms with E-state index in [1.54, 1.807) is 16.7 Å². The van der Waals surface area contributed by atoms with E-state index in [0.717, 1.165) is 11.8 Å². The molecule has 0 radical (unpaired) electrons. The Morgan fingerprint density at radius 1 is 1.14 bits per heavy atom. The van der Waals surface area contributed by atoms with Gasteiger partial charge in [-0.3, -0.25) is 0 Å². The Labute approximate surface area is 89.1 Å². The van der Waals surface area contributed by atoms with E-state index in [1.165, 1.54) is 6.42 Å². The smallest absolute Gasteiger partial charge is 0.0140 e. The van der Waals surface area contributed by atoms with Crippen LogP contribution in [-0.4, -0.2) is 0 Å². The predicted octanol–water partition coefficient (Wildman–Crippen LogP) is 4.58. The summed E-state index contributed by atoms with van der Waals surface area (Å²) in [5, 5.41) is 0. The molecule has 1 aliphatic rings. The lowest BCUT2D eigenvalue weighted by atomic mass is 9.76. The van der Waals surface area contributed by atoms with Gasteiger partial charge in [0.1, 0.15) is 0 Å². The van der Waals surface area contributed by atoms with Crippen molar-refractivity contribution in [2.75, 3.05) is 0 Å². The molecule has 0 bridgehead atoms. The summed E-state index contributed by atoms with van der Waals surface area (Å²) >= 11 is 0. The number of hydrogen-bond acceptors (Lipinski definition) is 0. The minimum atomic E-state index is 0.673. The van der Waals surface area contributed by atoms with Crippen LogP contribution < -0.4 is 0 Å². The molecule has 1 unspecified atom stereocenters. The normalized spacial score (nSPS) is 23.4. The monoisotopic (exact) mass is 192 g/mol. The summed E-state index contributed by atoms with van der Waals surface area (Å²) in [6.45, 7) is 13.9. The van der Waals surface area contributed by atoms with E-state index in [4.69, 9.17) is 0 Å². The first-order chi connectivity index (χ1) is 6.43. The summed E-state index contributed by atoms with van der Waals surface area (Å²) in [6.07, 6.45) is 3.67. The molecule has 0 fully saturated rings. The molecule has 80 valence electrons.